The minimum Gasteiger partial charge on any atom is -0.396 e. The zero-order valence-corrected chi connectivity index (χ0v) is 10.0. The Morgan fingerprint density at radius 3 is 2.50 bits per heavy atom. The Bertz CT molecular complexity index is 711. The average molecular weight is 285 g/mol. The molecule has 2 aromatic rings. The van der Waals surface area contributed by atoms with E-state index in [0.717, 1.165) is 10.7 Å². The van der Waals surface area contributed by atoms with Crippen molar-refractivity contribution in [2.75, 3.05) is 5.73 Å². The minimum absolute atomic E-state index is 0.170. The summed E-state index contributed by atoms with van der Waals surface area (Å²) in [6.07, 6.45) is -4.80. The van der Waals surface area contributed by atoms with Gasteiger partial charge in [0.15, 0.2) is 5.82 Å². The molecule has 0 aliphatic heterocycles. The zero-order chi connectivity index (χ0) is 15.1. The summed E-state index contributed by atoms with van der Waals surface area (Å²) in [6, 6.07) is 2.76. The Morgan fingerprint density at radius 1 is 1.35 bits per heavy atom. The van der Waals surface area contributed by atoms with Crippen LogP contribution in [0.25, 0.3) is 11.4 Å². The average Bonchev–Trinajstić information content (AvgIpc) is 2.72. The molecule has 0 fully saturated rings. The lowest BCUT2D eigenvalue weighted by Gasteiger charge is -2.12. The normalized spacial score (nSPS) is 11.4. The van der Waals surface area contributed by atoms with Crippen LogP contribution in [0.5, 0.6) is 0 Å². The summed E-state index contributed by atoms with van der Waals surface area (Å²) in [5.74, 6) is -1.70. The quantitative estimate of drug-likeness (QED) is 0.642. The van der Waals surface area contributed by atoms with E-state index in [1.165, 1.54) is 7.05 Å². The third-order valence-corrected chi connectivity index (χ3v) is 2.55. The van der Waals surface area contributed by atoms with Crippen molar-refractivity contribution in [1.82, 2.24) is 14.8 Å². The molecule has 0 saturated carbocycles. The fraction of sp³-hybridized carbons (Fsp3) is 0.182. The summed E-state index contributed by atoms with van der Waals surface area (Å²) >= 11 is 0. The molecule has 2 rings (SSSR count). The predicted octanol–water partition coefficient (Wildman–Crippen LogP) is 2.09. The van der Waals surface area contributed by atoms with Crippen molar-refractivity contribution >= 4 is 5.69 Å². The van der Waals surface area contributed by atoms with Crippen molar-refractivity contribution in [2.24, 2.45) is 7.05 Å². The maximum absolute atomic E-state index is 13.2. The van der Waals surface area contributed by atoms with Gasteiger partial charge in [0.1, 0.15) is 11.9 Å². The molecule has 104 valence electrons. The van der Waals surface area contributed by atoms with Gasteiger partial charge in [-0.2, -0.15) is 28.5 Å². The number of nitrogens with zero attached hydrogens (tertiary/aromatic N) is 4. The molecule has 0 aliphatic rings. The van der Waals surface area contributed by atoms with E-state index in [2.05, 4.69) is 10.1 Å². The van der Waals surface area contributed by atoms with E-state index in [1.807, 2.05) is 0 Å². The van der Waals surface area contributed by atoms with Gasteiger partial charge in [0.05, 0.1) is 11.3 Å². The molecule has 0 spiro atoms. The van der Waals surface area contributed by atoms with E-state index in [4.69, 9.17) is 11.0 Å². The predicted molar refractivity (Wildman–Crippen MR) is 60.5 cm³/mol. The van der Waals surface area contributed by atoms with Crippen molar-refractivity contribution in [3.63, 3.8) is 0 Å². The number of alkyl halides is 3. The van der Waals surface area contributed by atoms with E-state index in [9.17, 15) is 17.6 Å². The fourth-order valence-corrected chi connectivity index (χ4v) is 1.61. The zero-order valence-electron chi connectivity index (χ0n) is 10.0. The lowest BCUT2D eigenvalue weighted by atomic mass is 10.1. The summed E-state index contributed by atoms with van der Waals surface area (Å²) in [4.78, 5) is 3.66. The van der Waals surface area contributed by atoms with Crippen LogP contribution in [0.4, 0.5) is 23.2 Å². The van der Waals surface area contributed by atoms with Crippen molar-refractivity contribution < 1.29 is 17.6 Å². The van der Waals surface area contributed by atoms with Gasteiger partial charge in [-0.05, 0) is 12.1 Å². The summed E-state index contributed by atoms with van der Waals surface area (Å²) < 4.78 is 53.0. The number of nitrogens with two attached hydrogens (primary N) is 1. The van der Waals surface area contributed by atoms with Crippen LogP contribution in [-0.4, -0.2) is 14.8 Å². The lowest BCUT2D eigenvalue weighted by molar-refractivity contribution is -0.137. The van der Waals surface area contributed by atoms with Gasteiger partial charge in [0.2, 0.25) is 5.82 Å². The Morgan fingerprint density at radius 2 is 2.00 bits per heavy atom. The van der Waals surface area contributed by atoms with Crippen LogP contribution < -0.4 is 5.73 Å². The Kier molecular flexibility index (Phi) is 3.09. The first-order valence-electron chi connectivity index (χ1n) is 5.21. The highest BCUT2D eigenvalue weighted by Gasteiger charge is 2.36. The first-order valence-corrected chi connectivity index (χ1v) is 5.21. The van der Waals surface area contributed by atoms with Gasteiger partial charge in [-0.15, -0.1) is 0 Å². The first-order chi connectivity index (χ1) is 9.24. The highest BCUT2D eigenvalue weighted by atomic mass is 19.4. The number of nitriles is 1. The van der Waals surface area contributed by atoms with Crippen LogP contribution in [0, 0.1) is 17.1 Å². The second kappa shape index (κ2) is 4.48. The number of aromatic nitrogens is 3. The lowest BCUT2D eigenvalue weighted by Crippen LogP contribution is -2.09. The molecule has 1 aromatic carbocycles. The molecule has 0 unspecified atom stereocenters. The summed E-state index contributed by atoms with van der Waals surface area (Å²) in [5.41, 5.74) is 3.09. The summed E-state index contributed by atoms with van der Waals surface area (Å²) in [6.45, 7) is 0. The van der Waals surface area contributed by atoms with Crippen LogP contribution in [0.3, 0.4) is 0 Å². The number of hydrogen-bond acceptors (Lipinski definition) is 4. The molecule has 0 atom stereocenters. The maximum atomic E-state index is 13.2. The third-order valence-electron chi connectivity index (χ3n) is 2.55. The summed E-state index contributed by atoms with van der Waals surface area (Å²) in [7, 11) is 1.36. The van der Waals surface area contributed by atoms with Gasteiger partial charge in [-0.1, -0.05) is 0 Å². The van der Waals surface area contributed by atoms with E-state index in [-0.39, 0.29) is 17.7 Å². The Hall–Kier alpha value is -2.63. The SMILES string of the molecule is Cn1nc(-c2cc(N)c(F)cc2C(F)(F)F)nc1C#N. The number of rotatable bonds is 1. The molecule has 2 N–H and O–H groups in total. The Labute approximate surface area is 110 Å². The van der Waals surface area contributed by atoms with Crippen molar-refractivity contribution in [3.05, 3.63) is 29.3 Å². The van der Waals surface area contributed by atoms with Gasteiger partial charge in [-0.25, -0.2) is 9.07 Å². The standard InChI is InChI=1S/C11H7F4N5/c1-20-9(4-16)18-10(19-20)5-2-8(17)7(12)3-6(5)11(13,14)15/h2-3H,17H2,1H3. The van der Waals surface area contributed by atoms with Crippen molar-refractivity contribution in [3.8, 4) is 17.5 Å². The largest absolute Gasteiger partial charge is 0.417 e. The van der Waals surface area contributed by atoms with E-state index < -0.39 is 28.8 Å². The molecule has 0 bridgehead atoms. The molecular weight excluding hydrogens is 278 g/mol. The van der Waals surface area contributed by atoms with Gasteiger partial charge in [0.25, 0.3) is 0 Å². The smallest absolute Gasteiger partial charge is 0.396 e. The van der Waals surface area contributed by atoms with E-state index >= 15 is 0 Å². The van der Waals surface area contributed by atoms with Gasteiger partial charge in [-0.3, -0.25) is 0 Å². The van der Waals surface area contributed by atoms with Crippen LogP contribution in [0.15, 0.2) is 12.1 Å². The summed E-state index contributed by atoms with van der Waals surface area (Å²) in [5, 5.41) is 12.4. The molecule has 0 amide bonds. The van der Waals surface area contributed by atoms with Crippen molar-refractivity contribution in [2.45, 2.75) is 6.18 Å². The van der Waals surface area contributed by atoms with E-state index in [1.54, 1.807) is 6.07 Å². The first kappa shape index (κ1) is 13.8. The molecule has 1 heterocycles. The number of anilines is 1. The Balaban J connectivity index is 2.72. The van der Waals surface area contributed by atoms with Crippen LogP contribution in [0.1, 0.15) is 11.4 Å². The van der Waals surface area contributed by atoms with Crippen molar-refractivity contribution in [1.29, 1.82) is 5.26 Å². The molecule has 0 radical (unpaired) electrons. The highest BCUT2D eigenvalue weighted by molar-refractivity contribution is 5.67. The maximum Gasteiger partial charge on any atom is 0.417 e. The number of aryl methyl sites for hydroxylation is 1. The number of benzene rings is 1. The molecule has 9 heteroatoms. The van der Waals surface area contributed by atoms with Crippen LogP contribution in [0.2, 0.25) is 0 Å². The van der Waals surface area contributed by atoms with E-state index in [0.29, 0.717) is 0 Å². The number of nitrogen functional groups attached to an aromatic ring is 1. The number of halogens is 4. The monoisotopic (exact) mass is 285 g/mol. The van der Waals surface area contributed by atoms with Gasteiger partial charge >= 0.3 is 6.18 Å². The highest BCUT2D eigenvalue weighted by Crippen LogP contribution is 2.38. The fourth-order valence-electron chi connectivity index (χ4n) is 1.61. The number of hydrogen-bond donors (Lipinski definition) is 1. The molecule has 0 aliphatic carbocycles. The van der Waals surface area contributed by atoms with Gasteiger partial charge in [0, 0.05) is 12.6 Å². The second-order valence-electron chi connectivity index (χ2n) is 3.91. The third kappa shape index (κ3) is 2.27. The molecular formula is C11H7F4N5. The van der Waals surface area contributed by atoms with Crippen LogP contribution >= 0.6 is 0 Å². The molecule has 0 saturated heterocycles. The second-order valence-corrected chi connectivity index (χ2v) is 3.91. The molecule has 5 nitrogen and oxygen atoms in total. The van der Waals surface area contributed by atoms with Gasteiger partial charge < -0.3 is 5.73 Å². The topological polar surface area (TPSA) is 80.5 Å². The molecule has 1 aromatic heterocycles. The van der Waals surface area contributed by atoms with Crippen LogP contribution in [-0.2, 0) is 13.2 Å². The molecule has 20 heavy (non-hydrogen) atoms. The minimum atomic E-state index is -4.80.